The second-order valence-electron chi connectivity index (χ2n) is 6.42. The lowest BCUT2D eigenvalue weighted by molar-refractivity contribution is 0.0730. The van der Waals surface area contributed by atoms with Gasteiger partial charge in [0.05, 0.1) is 28.7 Å². The van der Waals surface area contributed by atoms with E-state index in [4.69, 9.17) is 4.74 Å². The number of hydrogen-bond acceptors (Lipinski definition) is 5. The summed E-state index contributed by atoms with van der Waals surface area (Å²) in [7, 11) is -7.53. The molecule has 1 heterocycles. The third kappa shape index (κ3) is 4.32. The Morgan fingerprint density at radius 1 is 0.963 bits per heavy atom. The second-order valence-corrected chi connectivity index (χ2v) is 10.0. The molecule has 2 aromatic rings. The lowest BCUT2D eigenvalue weighted by Crippen LogP contribution is -2.40. The molecule has 27 heavy (non-hydrogen) atoms. The predicted octanol–water partition coefficient (Wildman–Crippen LogP) is 2.13. The molecule has 1 aliphatic rings. The van der Waals surface area contributed by atoms with Crippen molar-refractivity contribution in [1.29, 1.82) is 0 Å². The topological polar surface area (TPSA) is 92.8 Å². The lowest BCUT2D eigenvalue weighted by atomic mass is 10.2. The van der Waals surface area contributed by atoms with E-state index in [1.165, 1.54) is 28.6 Å². The van der Waals surface area contributed by atoms with Crippen LogP contribution in [0.3, 0.4) is 0 Å². The smallest absolute Gasteiger partial charge is 0.262 e. The van der Waals surface area contributed by atoms with Crippen molar-refractivity contribution in [3.63, 3.8) is 0 Å². The van der Waals surface area contributed by atoms with Crippen LogP contribution >= 0.6 is 0 Å². The number of morpholine rings is 1. The molecule has 3 rings (SSSR count). The molecular weight excluding hydrogens is 388 g/mol. The van der Waals surface area contributed by atoms with Gasteiger partial charge in [0.15, 0.2) is 0 Å². The Balaban J connectivity index is 1.91. The maximum atomic E-state index is 12.8. The summed E-state index contributed by atoms with van der Waals surface area (Å²) in [6.45, 7) is 4.78. The van der Waals surface area contributed by atoms with E-state index in [1.54, 1.807) is 19.1 Å². The van der Waals surface area contributed by atoms with E-state index in [9.17, 15) is 16.8 Å². The maximum Gasteiger partial charge on any atom is 0.262 e. The van der Waals surface area contributed by atoms with Crippen LogP contribution in [0.1, 0.15) is 11.1 Å². The third-order valence-corrected chi connectivity index (χ3v) is 7.75. The minimum atomic E-state index is -3.83. The van der Waals surface area contributed by atoms with Crippen LogP contribution in [0.5, 0.6) is 0 Å². The zero-order valence-corrected chi connectivity index (χ0v) is 16.8. The molecule has 0 bridgehead atoms. The van der Waals surface area contributed by atoms with Crippen LogP contribution < -0.4 is 4.72 Å². The number of rotatable bonds is 5. The average molecular weight is 411 g/mol. The van der Waals surface area contributed by atoms with Gasteiger partial charge in [-0.2, -0.15) is 4.31 Å². The van der Waals surface area contributed by atoms with Crippen molar-refractivity contribution in [1.82, 2.24) is 4.31 Å². The minimum absolute atomic E-state index is 0.0468. The van der Waals surface area contributed by atoms with Crippen molar-refractivity contribution < 1.29 is 21.6 Å². The molecule has 0 aliphatic carbocycles. The van der Waals surface area contributed by atoms with Gasteiger partial charge in [0.2, 0.25) is 10.0 Å². The summed E-state index contributed by atoms with van der Waals surface area (Å²) >= 11 is 0. The van der Waals surface area contributed by atoms with Crippen LogP contribution in [0.4, 0.5) is 5.69 Å². The van der Waals surface area contributed by atoms with Crippen molar-refractivity contribution in [3.8, 4) is 0 Å². The van der Waals surface area contributed by atoms with E-state index in [0.29, 0.717) is 18.8 Å². The molecule has 2 aromatic carbocycles. The molecule has 0 aromatic heterocycles. The van der Waals surface area contributed by atoms with Crippen LogP contribution in [0.25, 0.3) is 0 Å². The monoisotopic (exact) mass is 410 g/mol. The number of benzene rings is 2. The second kappa shape index (κ2) is 7.59. The lowest BCUT2D eigenvalue weighted by Gasteiger charge is -2.26. The van der Waals surface area contributed by atoms with Gasteiger partial charge in [-0.25, -0.2) is 16.8 Å². The molecule has 1 saturated heterocycles. The zero-order valence-electron chi connectivity index (χ0n) is 15.2. The first-order valence-corrected chi connectivity index (χ1v) is 11.4. The van der Waals surface area contributed by atoms with Gasteiger partial charge in [0, 0.05) is 13.1 Å². The largest absolute Gasteiger partial charge is 0.379 e. The first-order chi connectivity index (χ1) is 12.7. The summed E-state index contributed by atoms with van der Waals surface area (Å²) < 4.78 is 60.1. The van der Waals surface area contributed by atoms with Gasteiger partial charge in [-0.05, 0) is 49.2 Å². The summed E-state index contributed by atoms with van der Waals surface area (Å²) in [6.07, 6.45) is 0. The van der Waals surface area contributed by atoms with Crippen molar-refractivity contribution in [3.05, 3.63) is 53.6 Å². The zero-order chi connectivity index (χ0) is 19.7. The molecule has 7 nitrogen and oxygen atoms in total. The molecule has 0 unspecified atom stereocenters. The molecule has 0 saturated carbocycles. The number of nitrogens with one attached hydrogen (secondary N) is 1. The van der Waals surface area contributed by atoms with Crippen molar-refractivity contribution in [2.45, 2.75) is 23.6 Å². The van der Waals surface area contributed by atoms with Gasteiger partial charge in [0.25, 0.3) is 10.0 Å². The minimum Gasteiger partial charge on any atom is -0.379 e. The quantitative estimate of drug-likeness (QED) is 0.815. The summed E-state index contributed by atoms with van der Waals surface area (Å²) in [5.41, 5.74) is 1.64. The Morgan fingerprint density at radius 2 is 1.67 bits per heavy atom. The van der Waals surface area contributed by atoms with Crippen molar-refractivity contribution in [2.75, 3.05) is 31.0 Å². The van der Waals surface area contributed by atoms with Crippen molar-refractivity contribution >= 4 is 25.7 Å². The van der Waals surface area contributed by atoms with Crippen LogP contribution in [0.2, 0.25) is 0 Å². The summed E-state index contributed by atoms with van der Waals surface area (Å²) in [4.78, 5) is 0.217. The molecule has 1 fully saturated rings. The third-order valence-electron chi connectivity index (χ3n) is 4.33. The average Bonchev–Trinajstić information content (AvgIpc) is 2.64. The highest BCUT2D eigenvalue weighted by Gasteiger charge is 2.27. The summed E-state index contributed by atoms with van der Waals surface area (Å²) in [5.74, 6) is 0. The van der Waals surface area contributed by atoms with E-state index in [2.05, 4.69) is 4.72 Å². The number of aryl methyl sites for hydroxylation is 2. The maximum absolute atomic E-state index is 12.8. The number of hydrogen-bond donors (Lipinski definition) is 1. The molecule has 146 valence electrons. The van der Waals surface area contributed by atoms with Crippen molar-refractivity contribution in [2.24, 2.45) is 0 Å². The molecule has 1 N–H and O–H groups in total. The molecule has 9 heteroatoms. The molecule has 0 atom stereocenters. The van der Waals surface area contributed by atoms with E-state index in [-0.39, 0.29) is 28.6 Å². The molecule has 0 amide bonds. The normalized spacial score (nSPS) is 16.2. The first kappa shape index (κ1) is 19.8. The Morgan fingerprint density at radius 3 is 2.37 bits per heavy atom. The van der Waals surface area contributed by atoms with Gasteiger partial charge in [-0.3, -0.25) is 4.72 Å². The van der Waals surface area contributed by atoms with Gasteiger partial charge in [-0.15, -0.1) is 0 Å². The number of ether oxygens (including phenoxy) is 1. The van der Waals surface area contributed by atoms with E-state index >= 15 is 0 Å². The highest BCUT2D eigenvalue weighted by Crippen LogP contribution is 2.24. The van der Waals surface area contributed by atoms with Gasteiger partial charge >= 0.3 is 0 Å². The predicted molar refractivity (Wildman–Crippen MR) is 103 cm³/mol. The molecule has 1 aliphatic heterocycles. The Kier molecular flexibility index (Phi) is 5.57. The number of anilines is 1. The first-order valence-electron chi connectivity index (χ1n) is 8.48. The van der Waals surface area contributed by atoms with Crippen LogP contribution in [0.15, 0.2) is 52.3 Å². The fourth-order valence-electron chi connectivity index (χ4n) is 2.86. The Bertz CT molecular complexity index is 1040. The fraction of sp³-hybridized carbons (Fsp3) is 0.333. The van der Waals surface area contributed by atoms with E-state index in [1.807, 2.05) is 13.0 Å². The van der Waals surface area contributed by atoms with Crippen LogP contribution in [-0.2, 0) is 24.8 Å². The molecule has 0 spiro atoms. The Hall–Kier alpha value is -1.94. The van der Waals surface area contributed by atoms with E-state index in [0.717, 1.165) is 5.56 Å². The van der Waals surface area contributed by atoms with E-state index < -0.39 is 20.0 Å². The molecule has 0 radical (unpaired) electrons. The molecular formula is C18H22N2O5S2. The fourth-order valence-corrected chi connectivity index (χ4v) is 5.70. The van der Waals surface area contributed by atoms with Crippen LogP contribution in [0, 0.1) is 13.8 Å². The van der Waals surface area contributed by atoms with Gasteiger partial charge in [-0.1, -0.05) is 18.2 Å². The van der Waals surface area contributed by atoms with Crippen LogP contribution in [-0.4, -0.2) is 47.4 Å². The number of nitrogens with zero attached hydrogens (tertiary/aromatic N) is 1. The SMILES string of the molecule is Cc1ccc(C)c(S(=O)(=O)Nc2cccc(S(=O)(=O)N3CCOCC3)c2)c1. The summed E-state index contributed by atoms with van der Waals surface area (Å²) in [5, 5.41) is 0. The van der Waals surface area contributed by atoms with Gasteiger partial charge < -0.3 is 4.74 Å². The number of sulfonamides is 2. The highest BCUT2D eigenvalue weighted by molar-refractivity contribution is 7.92. The van der Waals surface area contributed by atoms with Gasteiger partial charge in [0.1, 0.15) is 0 Å². The Labute approximate surface area is 160 Å². The standard InChI is InChI=1S/C18H22N2O5S2/c1-14-6-7-15(2)18(12-14)26(21,22)19-16-4-3-5-17(13-16)27(23,24)20-8-10-25-11-9-20/h3-7,12-13,19H,8-11H2,1-2H3. The highest BCUT2D eigenvalue weighted by atomic mass is 32.2. The summed E-state index contributed by atoms with van der Waals surface area (Å²) in [6, 6.07) is 11.0.